The van der Waals surface area contributed by atoms with Gasteiger partial charge in [0.2, 0.25) is 0 Å². The number of carbonyl (C=O) groups excluding carboxylic acids is 1. The molecule has 0 aliphatic heterocycles. The van der Waals surface area contributed by atoms with Crippen molar-refractivity contribution in [1.82, 2.24) is 0 Å². The molecule has 0 N–H and O–H groups in total. The molecule has 0 unspecified atom stereocenters. The minimum Gasteiger partial charge on any atom is -0.369 e. The summed E-state index contributed by atoms with van der Waals surface area (Å²) >= 11 is 1.56. The number of thiophene rings is 1. The predicted octanol–water partition coefficient (Wildman–Crippen LogP) is 3.71. The van der Waals surface area contributed by atoms with Gasteiger partial charge in [-0.3, -0.25) is 4.79 Å². The molecule has 0 aliphatic rings. The standard InChI is InChI=1S/C15H16O2S/c1-2-13-8-9-15(18-13)14(16)11-17-10-12-6-4-3-5-7-12/h3-9H,2,10-11H2,1H3. The Bertz CT molecular complexity index is 502. The molecule has 0 aliphatic carbocycles. The summed E-state index contributed by atoms with van der Waals surface area (Å²) in [6.07, 6.45) is 0.975. The second-order valence-corrected chi connectivity index (χ2v) is 5.19. The maximum absolute atomic E-state index is 11.8. The smallest absolute Gasteiger partial charge is 0.198 e. The van der Waals surface area contributed by atoms with Gasteiger partial charge < -0.3 is 4.74 Å². The van der Waals surface area contributed by atoms with Crippen molar-refractivity contribution in [1.29, 1.82) is 0 Å². The van der Waals surface area contributed by atoms with Crippen LogP contribution >= 0.6 is 11.3 Å². The molecule has 2 aromatic rings. The van der Waals surface area contributed by atoms with Crippen LogP contribution in [0.1, 0.15) is 27.0 Å². The quantitative estimate of drug-likeness (QED) is 0.740. The maximum Gasteiger partial charge on any atom is 0.198 e. The summed E-state index contributed by atoms with van der Waals surface area (Å²) in [4.78, 5) is 13.9. The number of hydrogen-bond acceptors (Lipinski definition) is 3. The van der Waals surface area contributed by atoms with Crippen LogP contribution in [0, 0.1) is 0 Å². The summed E-state index contributed by atoms with van der Waals surface area (Å²) in [5.74, 6) is 0.0654. The van der Waals surface area contributed by atoms with Gasteiger partial charge in [-0.1, -0.05) is 37.3 Å². The van der Waals surface area contributed by atoms with E-state index in [4.69, 9.17) is 4.74 Å². The SMILES string of the molecule is CCc1ccc(C(=O)COCc2ccccc2)s1. The Kier molecular flexibility index (Phi) is 4.67. The normalized spacial score (nSPS) is 10.5. The lowest BCUT2D eigenvalue weighted by molar-refractivity contribution is 0.0730. The molecule has 1 aromatic heterocycles. The molecule has 1 heterocycles. The number of aryl methyl sites for hydroxylation is 1. The average Bonchev–Trinajstić information content (AvgIpc) is 2.89. The molecule has 0 atom stereocenters. The van der Waals surface area contributed by atoms with E-state index in [0.29, 0.717) is 6.61 Å². The zero-order valence-corrected chi connectivity index (χ0v) is 11.2. The molecule has 0 saturated heterocycles. The van der Waals surface area contributed by atoms with Crippen molar-refractivity contribution >= 4 is 17.1 Å². The van der Waals surface area contributed by atoms with Crippen LogP contribution in [0.5, 0.6) is 0 Å². The molecule has 0 radical (unpaired) electrons. The van der Waals surface area contributed by atoms with Crippen LogP contribution in [0.3, 0.4) is 0 Å². The first-order valence-corrected chi connectivity index (χ1v) is 6.85. The topological polar surface area (TPSA) is 26.3 Å². The summed E-state index contributed by atoms with van der Waals surface area (Å²) in [6, 6.07) is 13.8. The molecule has 1 aromatic carbocycles. The van der Waals surface area contributed by atoms with Gasteiger partial charge in [0.15, 0.2) is 5.78 Å². The highest BCUT2D eigenvalue weighted by Crippen LogP contribution is 2.17. The summed E-state index contributed by atoms with van der Waals surface area (Å²) in [5, 5.41) is 0. The van der Waals surface area contributed by atoms with Gasteiger partial charge in [-0.2, -0.15) is 0 Å². The van der Waals surface area contributed by atoms with Gasteiger partial charge in [-0.15, -0.1) is 11.3 Å². The number of benzene rings is 1. The van der Waals surface area contributed by atoms with E-state index in [1.807, 2.05) is 42.5 Å². The van der Waals surface area contributed by atoms with Crippen LogP contribution in [0.4, 0.5) is 0 Å². The zero-order valence-electron chi connectivity index (χ0n) is 10.4. The molecular weight excluding hydrogens is 244 g/mol. The molecule has 3 heteroatoms. The highest BCUT2D eigenvalue weighted by atomic mass is 32.1. The summed E-state index contributed by atoms with van der Waals surface area (Å²) in [7, 11) is 0. The fourth-order valence-electron chi connectivity index (χ4n) is 1.62. The highest BCUT2D eigenvalue weighted by Gasteiger charge is 2.08. The van der Waals surface area contributed by atoms with Gasteiger partial charge in [-0.05, 0) is 24.1 Å². The van der Waals surface area contributed by atoms with Crippen molar-refractivity contribution in [3.8, 4) is 0 Å². The first-order valence-electron chi connectivity index (χ1n) is 6.03. The number of hydrogen-bond donors (Lipinski definition) is 0. The van der Waals surface area contributed by atoms with Gasteiger partial charge in [0.05, 0.1) is 11.5 Å². The van der Waals surface area contributed by atoms with Crippen molar-refractivity contribution < 1.29 is 9.53 Å². The molecule has 0 amide bonds. The number of carbonyl (C=O) groups is 1. The van der Waals surface area contributed by atoms with E-state index in [9.17, 15) is 4.79 Å². The molecule has 0 fully saturated rings. The third-order valence-electron chi connectivity index (χ3n) is 2.63. The second-order valence-electron chi connectivity index (χ2n) is 4.02. The van der Waals surface area contributed by atoms with E-state index >= 15 is 0 Å². The minimum absolute atomic E-state index is 0.0654. The Balaban J connectivity index is 1.81. The van der Waals surface area contributed by atoms with E-state index < -0.39 is 0 Å². The first kappa shape index (κ1) is 13.0. The molecule has 0 spiro atoms. The number of rotatable bonds is 6. The van der Waals surface area contributed by atoms with Crippen molar-refractivity contribution in [2.75, 3.05) is 6.61 Å². The van der Waals surface area contributed by atoms with Crippen LogP contribution < -0.4 is 0 Å². The minimum atomic E-state index is 0.0654. The Hall–Kier alpha value is -1.45. The Morgan fingerprint density at radius 2 is 1.94 bits per heavy atom. The lowest BCUT2D eigenvalue weighted by Crippen LogP contribution is -2.07. The van der Waals surface area contributed by atoms with Crippen LogP contribution in [0.2, 0.25) is 0 Å². The third-order valence-corrected chi connectivity index (χ3v) is 3.90. The maximum atomic E-state index is 11.8. The lowest BCUT2D eigenvalue weighted by Gasteiger charge is -2.02. The summed E-state index contributed by atoms with van der Waals surface area (Å²) in [6.45, 7) is 2.73. The van der Waals surface area contributed by atoms with Crippen LogP contribution in [0.15, 0.2) is 42.5 Å². The third kappa shape index (κ3) is 3.52. The van der Waals surface area contributed by atoms with Gasteiger partial charge in [0.25, 0.3) is 0 Å². The average molecular weight is 260 g/mol. The van der Waals surface area contributed by atoms with Crippen molar-refractivity contribution in [2.24, 2.45) is 0 Å². The van der Waals surface area contributed by atoms with Crippen LogP contribution in [-0.4, -0.2) is 12.4 Å². The number of Topliss-reactive ketones (excluding diaryl/α,β-unsaturated/α-hetero) is 1. The van der Waals surface area contributed by atoms with Gasteiger partial charge >= 0.3 is 0 Å². The molecule has 2 rings (SSSR count). The molecule has 0 bridgehead atoms. The van der Waals surface area contributed by atoms with Gasteiger partial charge in [0.1, 0.15) is 6.61 Å². The molecule has 94 valence electrons. The lowest BCUT2D eigenvalue weighted by atomic mass is 10.2. The number of ketones is 1. The fraction of sp³-hybridized carbons (Fsp3) is 0.267. The Labute approximate surface area is 111 Å². The zero-order chi connectivity index (χ0) is 12.8. The van der Waals surface area contributed by atoms with E-state index in [2.05, 4.69) is 6.92 Å². The Morgan fingerprint density at radius 1 is 1.17 bits per heavy atom. The number of ether oxygens (including phenoxy) is 1. The predicted molar refractivity (Wildman–Crippen MR) is 74.1 cm³/mol. The summed E-state index contributed by atoms with van der Waals surface area (Å²) < 4.78 is 5.44. The van der Waals surface area contributed by atoms with E-state index in [1.54, 1.807) is 11.3 Å². The molecule has 18 heavy (non-hydrogen) atoms. The van der Waals surface area contributed by atoms with Crippen molar-refractivity contribution in [2.45, 2.75) is 20.0 Å². The largest absolute Gasteiger partial charge is 0.369 e. The van der Waals surface area contributed by atoms with Gasteiger partial charge in [-0.25, -0.2) is 0 Å². The van der Waals surface area contributed by atoms with Crippen LogP contribution in [0.25, 0.3) is 0 Å². The van der Waals surface area contributed by atoms with E-state index in [-0.39, 0.29) is 12.4 Å². The monoisotopic (exact) mass is 260 g/mol. The van der Waals surface area contributed by atoms with Gasteiger partial charge in [0, 0.05) is 4.88 Å². The van der Waals surface area contributed by atoms with E-state index in [1.165, 1.54) is 4.88 Å². The molecule has 2 nitrogen and oxygen atoms in total. The second kappa shape index (κ2) is 6.47. The van der Waals surface area contributed by atoms with Crippen molar-refractivity contribution in [3.63, 3.8) is 0 Å². The highest BCUT2D eigenvalue weighted by molar-refractivity contribution is 7.14. The summed E-state index contributed by atoms with van der Waals surface area (Å²) in [5.41, 5.74) is 1.09. The first-order chi connectivity index (χ1) is 8.79. The van der Waals surface area contributed by atoms with Crippen LogP contribution in [-0.2, 0) is 17.8 Å². The van der Waals surface area contributed by atoms with Crippen molar-refractivity contribution in [3.05, 3.63) is 57.8 Å². The molecule has 0 saturated carbocycles. The van der Waals surface area contributed by atoms with E-state index in [0.717, 1.165) is 16.9 Å². The molecular formula is C15H16O2S. The fourth-order valence-corrected chi connectivity index (χ4v) is 2.50. The Morgan fingerprint density at radius 3 is 2.61 bits per heavy atom.